The van der Waals surface area contributed by atoms with Crippen molar-refractivity contribution in [2.24, 2.45) is 0 Å². The monoisotopic (exact) mass is 381 g/mol. The minimum absolute atomic E-state index is 0.183. The van der Waals surface area contributed by atoms with E-state index in [1.54, 1.807) is 4.40 Å². The van der Waals surface area contributed by atoms with Crippen molar-refractivity contribution in [3.8, 4) is 11.3 Å². The first-order chi connectivity index (χ1) is 14.1. The van der Waals surface area contributed by atoms with Gasteiger partial charge in [-0.2, -0.15) is 0 Å². The number of hydrogen-bond acceptors (Lipinski definition) is 3. The van der Waals surface area contributed by atoms with E-state index in [-0.39, 0.29) is 5.91 Å². The molecule has 0 spiro atoms. The number of fused-ring (bicyclic) bond motifs is 2. The Morgan fingerprint density at radius 1 is 0.931 bits per heavy atom. The zero-order chi connectivity index (χ0) is 20.0. The molecule has 0 fully saturated rings. The summed E-state index contributed by atoms with van der Waals surface area (Å²) in [5.41, 5.74) is 6.71. The normalized spacial score (nSPS) is 11.2. The van der Waals surface area contributed by atoms with Crippen LogP contribution >= 0.6 is 0 Å². The zero-order valence-electron chi connectivity index (χ0n) is 16.1. The number of nitrogens with zero attached hydrogens (tertiary/aromatic N) is 4. The molecule has 0 aliphatic rings. The van der Waals surface area contributed by atoms with Gasteiger partial charge in [-0.3, -0.25) is 9.20 Å². The minimum atomic E-state index is -0.183. The molecule has 5 rings (SSSR count). The number of pyridine rings is 2. The van der Waals surface area contributed by atoms with Gasteiger partial charge in [0.1, 0.15) is 17.0 Å². The number of benzene rings is 1. The predicted octanol–water partition coefficient (Wildman–Crippen LogP) is 4.52. The van der Waals surface area contributed by atoms with Crippen molar-refractivity contribution in [2.45, 2.75) is 13.8 Å². The Morgan fingerprint density at radius 2 is 1.76 bits per heavy atom. The maximum Gasteiger partial charge on any atom is 0.274 e. The number of anilines is 1. The zero-order valence-corrected chi connectivity index (χ0v) is 16.1. The second kappa shape index (κ2) is 6.60. The molecule has 6 heteroatoms. The summed E-state index contributed by atoms with van der Waals surface area (Å²) in [5.74, 6) is -0.183. The van der Waals surface area contributed by atoms with E-state index in [2.05, 4.69) is 34.3 Å². The molecule has 0 radical (unpaired) electrons. The van der Waals surface area contributed by atoms with E-state index in [1.807, 2.05) is 72.4 Å². The van der Waals surface area contributed by atoms with Crippen molar-refractivity contribution in [1.82, 2.24) is 18.8 Å². The van der Waals surface area contributed by atoms with Gasteiger partial charge in [0.25, 0.3) is 5.91 Å². The highest BCUT2D eigenvalue weighted by Crippen LogP contribution is 2.22. The fraction of sp³-hybridized carbons (Fsp3) is 0.0870. The number of hydrogen-bond donors (Lipinski definition) is 1. The van der Waals surface area contributed by atoms with Crippen LogP contribution in [0.25, 0.3) is 22.6 Å². The van der Waals surface area contributed by atoms with Gasteiger partial charge in [-0.05, 0) is 55.8 Å². The van der Waals surface area contributed by atoms with Crippen LogP contribution in [0.2, 0.25) is 0 Å². The molecule has 0 saturated carbocycles. The average molecular weight is 381 g/mol. The quantitative estimate of drug-likeness (QED) is 0.500. The lowest BCUT2D eigenvalue weighted by Gasteiger charge is -2.07. The van der Waals surface area contributed by atoms with Gasteiger partial charge in [0.15, 0.2) is 0 Å². The number of aryl methyl sites for hydroxylation is 2. The van der Waals surface area contributed by atoms with Crippen LogP contribution in [0.15, 0.2) is 73.2 Å². The second-order valence-corrected chi connectivity index (χ2v) is 7.10. The molecule has 0 bridgehead atoms. The number of carbonyl (C=O) groups is 1. The van der Waals surface area contributed by atoms with Crippen molar-refractivity contribution in [1.29, 1.82) is 0 Å². The SMILES string of the molecule is Cc1ccn2cc(-c3ccc(NC(=O)c4c(C)nc5ccccn45)cc3)nc2c1. The number of nitrogens with one attached hydrogen (secondary N) is 1. The van der Waals surface area contributed by atoms with Gasteiger partial charge in [0.2, 0.25) is 0 Å². The Kier molecular flexibility index (Phi) is 3.91. The summed E-state index contributed by atoms with van der Waals surface area (Å²) < 4.78 is 3.81. The van der Waals surface area contributed by atoms with Gasteiger partial charge in [-0.1, -0.05) is 18.2 Å². The van der Waals surface area contributed by atoms with Gasteiger partial charge >= 0.3 is 0 Å². The fourth-order valence-corrected chi connectivity index (χ4v) is 3.52. The second-order valence-electron chi connectivity index (χ2n) is 7.10. The van der Waals surface area contributed by atoms with Gasteiger partial charge in [-0.15, -0.1) is 0 Å². The number of amides is 1. The third kappa shape index (κ3) is 3.04. The summed E-state index contributed by atoms with van der Waals surface area (Å²) in [4.78, 5) is 22.0. The molecule has 0 saturated heterocycles. The summed E-state index contributed by atoms with van der Waals surface area (Å²) in [7, 11) is 0. The van der Waals surface area contributed by atoms with Crippen LogP contribution < -0.4 is 5.32 Å². The number of aromatic nitrogens is 4. The lowest BCUT2D eigenvalue weighted by Crippen LogP contribution is -2.15. The Hall–Kier alpha value is -3.93. The molecular formula is C23H19N5O. The number of imidazole rings is 2. The molecule has 29 heavy (non-hydrogen) atoms. The van der Waals surface area contributed by atoms with Crippen LogP contribution in [0.4, 0.5) is 5.69 Å². The highest BCUT2D eigenvalue weighted by molar-refractivity contribution is 6.04. The molecule has 4 heterocycles. The smallest absolute Gasteiger partial charge is 0.274 e. The molecule has 4 aromatic heterocycles. The molecule has 0 atom stereocenters. The number of carbonyl (C=O) groups excluding carboxylic acids is 1. The molecule has 0 unspecified atom stereocenters. The van der Waals surface area contributed by atoms with E-state index < -0.39 is 0 Å². The van der Waals surface area contributed by atoms with E-state index in [0.29, 0.717) is 11.4 Å². The number of rotatable bonds is 3. The maximum absolute atomic E-state index is 12.8. The molecule has 5 aromatic rings. The largest absolute Gasteiger partial charge is 0.321 e. The van der Waals surface area contributed by atoms with Crippen LogP contribution in [0, 0.1) is 13.8 Å². The first-order valence-electron chi connectivity index (χ1n) is 9.39. The molecule has 1 amide bonds. The molecule has 1 N–H and O–H groups in total. The van der Waals surface area contributed by atoms with E-state index in [4.69, 9.17) is 0 Å². The van der Waals surface area contributed by atoms with E-state index >= 15 is 0 Å². The summed E-state index contributed by atoms with van der Waals surface area (Å²) in [6.07, 6.45) is 5.86. The van der Waals surface area contributed by atoms with Crippen LogP contribution in [-0.4, -0.2) is 24.7 Å². The van der Waals surface area contributed by atoms with Gasteiger partial charge < -0.3 is 9.72 Å². The van der Waals surface area contributed by atoms with Crippen molar-refractivity contribution in [3.05, 3.63) is 90.1 Å². The summed E-state index contributed by atoms with van der Waals surface area (Å²) in [6, 6.07) is 17.5. The minimum Gasteiger partial charge on any atom is -0.321 e. The lowest BCUT2D eigenvalue weighted by molar-refractivity contribution is 0.102. The average Bonchev–Trinajstić information content (AvgIpc) is 3.28. The van der Waals surface area contributed by atoms with Crippen LogP contribution in [0.3, 0.4) is 0 Å². The van der Waals surface area contributed by atoms with Crippen LogP contribution in [0.5, 0.6) is 0 Å². The summed E-state index contributed by atoms with van der Waals surface area (Å²) in [6.45, 7) is 3.90. The third-order valence-corrected chi connectivity index (χ3v) is 4.97. The third-order valence-electron chi connectivity index (χ3n) is 4.97. The highest BCUT2D eigenvalue weighted by atomic mass is 16.2. The maximum atomic E-state index is 12.8. The Bertz CT molecular complexity index is 1360. The van der Waals surface area contributed by atoms with Crippen molar-refractivity contribution in [2.75, 3.05) is 5.32 Å². The molecule has 142 valence electrons. The van der Waals surface area contributed by atoms with E-state index in [0.717, 1.165) is 28.2 Å². The molecule has 1 aromatic carbocycles. The van der Waals surface area contributed by atoms with Crippen LogP contribution in [-0.2, 0) is 0 Å². The van der Waals surface area contributed by atoms with Gasteiger partial charge in [0, 0.05) is 29.8 Å². The Labute approximate surface area is 167 Å². The topological polar surface area (TPSA) is 63.7 Å². The van der Waals surface area contributed by atoms with Gasteiger partial charge in [-0.25, -0.2) is 9.97 Å². The summed E-state index contributed by atoms with van der Waals surface area (Å²) in [5, 5.41) is 2.96. The van der Waals surface area contributed by atoms with Crippen molar-refractivity contribution in [3.63, 3.8) is 0 Å². The standard InChI is InChI=1S/C23H19N5O/c1-15-10-12-27-14-19(26-21(27)13-15)17-6-8-18(9-7-17)25-23(29)22-16(2)24-20-5-3-4-11-28(20)22/h3-14H,1-2H3,(H,25,29). The van der Waals surface area contributed by atoms with Crippen LogP contribution in [0.1, 0.15) is 21.7 Å². The van der Waals surface area contributed by atoms with E-state index in [9.17, 15) is 4.79 Å². The first-order valence-corrected chi connectivity index (χ1v) is 9.39. The fourth-order valence-electron chi connectivity index (χ4n) is 3.52. The van der Waals surface area contributed by atoms with E-state index in [1.165, 1.54) is 5.56 Å². The Balaban J connectivity index is 1.41. The lowest BCUT2D eigenvalue weighted by atomic mass is 10.1. The molecule has 0 aliphatic heterocycles. The van der Waals surface area contributed by atoms with Crippen molar-refractivity contribution >= 4 is 22.9 Å². The van der Waals surface area contributed by atoms with Gasteiger partial charge in [0.05, 0.1) is 11.4 Å². The highest BCUT2D eigenvalue weighted by Gasteiger charge is 2.16. The molecular weight excluding hydrogens is 362 g/mol. The summed E-state index contributed by atoms with van der Waals surface area (Å²) >= 11 is 0. The Morgan fingerprint density at radius 3 is 2.59 bits per heavy atom. The van der Waals surface area contributed by atoms with Crippen molar-refractivity contribution < 1.29 is 4.79 Å². The predicted molar refractivity (Wildman–Crippen MR) is 113 cm³/mol. The molecule has 6 nitrogen and oxygen atoms in total. The first kappa shape index (κ1) is 17.2. The molecule has 0 aliphatic carbocycles.